The van der Waals surface area contributed by atoms with Gasteiger partial charge in [0.25, 0.3) is 0 Å². The fourth-order valence-corrected chi connectivity index (χ4v) is 2.05. The lowest BCUT2D eigenvalue weighted by Crippen LogP contribution is -2.44. The van der Waals surface area contributed by atoms with Crippen LogP contribution in [0.2, 0.25) is 0 Å². The molecule has 0 saturated carbocycles. The van der Waals surface area contributed by atoms with Crippen LogP contribution in [-0.4, -0.2) is 33.2 Å². The van der Waals surface area contributed by atoms with Crippen molar-refractivity contribution in [2.75, 3.05) is 0 Å². The summed E-state index contributed by atoms with van der Waals surface area (Å²) >= 11 is 0. The van der Waals surface area contributed by atoms with Crippen LogP contribution in [0.3, 0.4) is 0 Å². The van der Waals surface area contributed by atoms with Gasteiger partial charge in [0.1, 0.15) is 11.9 Å². The summed E-state index contributed by atoms with van der Waals surface area (Å²) in [5.74, 6) is -1.51. The van der Waals surface area contributed by atoms with E-state index >= 15 is 0 Å². The molecule has 7 nitrogen and oxygen atoms in total. The van der Waals surface area contributed by atoms with E-state index in [1.165, 1.54) is 24.3 Å². The molecule has 1 aromatic carbocycles. The van der Waals surface area contributed by atoms with Gasteiger partial charge in [0.15, 0.2) is 0 Å². The van der Waals surface area contributed by atoms with E-state index in [0.29, 0.717) is 11.4 Å². The Kier molecular flexibility index (Phi) is 5.62. The molecule has 0 radical (unpaired) electrons. The number of amides is 1. The first-order chi connectivity index (χ1) is 11.4. The molecule has 0 bridgehead atoms. The summed E-state index contributed by atoms with van der Waals surface area (Å²) in [4.78, 5) is 27.0. The number of halogens is 1. The van der Waals surface area contributed by atoms with E-state index in [1.807, 2.05) is 0 Å². The van der Waals surface area contributed by atoms with Crippen molar-refractivity contribution in [3.8, 4) is 11.4 Å². The number of carbonyl (C=O) groups excluding carboxylic acids is 1. The Bertz CT molecular complexity index is 712. The van der Waals surface area contributed by atoms with E-state index in [0.717, 1.165) is 0 Å². The van der Waals surface area contributed by atoms with Crippen molar-refractivity contribution in [3.05, 3.63) is 36.0 Å². The van der Waals surface area contributed by atoms with Gasteiger partial charge in [-0.3, -0.25) is 4.79 Å². The minimum atomic E-state index is -1.07. The standard InChI is InChI=1S/C16H18FN3O4/c1-9(2)14(16(22)23)18-12(21)7-8-13-19-15(20-24-13)10-3-5-11(17)6-4-10/h3-6,9,14H,7-8H2,1-2H3,(H,18,21)(H,22,23). The molecule has 8 heteroatoms. The zero-order valence-corrected chi connectivity index (χ0v) is 13.3. The quantitative estimate of drug-likeness (QED) is 0.802. The Morgan fingerprint density at radius 2 is 1.96 bits per heavy atom. The second kappa shape index (κ2) is 7.67. The second-order valence-electron chi connectivity index (χ2n) is 5.65. The van der Waals surface area contributed by atoms with Gasteiger partial charge in [0, 0.05) is 18.4 Å². The van der Waals surface area contributed by atoms with Crippen molar-refractivity contribution in [1.82, 2.24) is 15.5 Å². The highest BCUT2D eigenvalue weighted by Crippen LogP contribution is 2.16. The lowest BCUT2D eigenvalue weighted by atomic mass is 10.0. The minimum absolute atomic E-state index is 0.0293. The zero-order chi connectivity index (χ0) is 17.7. The van der Waals surface area contributed by atoms with Crippen LogP contribution < -0.4 is 5.32 Å². The van der Waals surface area contributed by atoms with Crippen molar-refractivity contribution < 1.29 is 23.6 Å². The number of aryl methyl sites for hydroxylation is 1. The minimum Gasteiger partial charge on any atom is -0.480 e. The maximum atomic E-state index is 12.9. The molecule has 0 saturated heterocycles. The summed E-state index contributed by atoms with van der Waals surface area (Å²) in [5, 5.41) is 15.3. The summed E-state index contributed by atoms with van der Waals surface area (Å²) in [5.41, 5.74) is 0.599. The van der Waals surface area contributed by atoms with E-state index < -0.39 is 17.9 Å². The molecule has 0 aliphatic carbocycles. The summed E-state index contributed by atoms with van der Waals surface area (Å²) in [6.07, 6.45) is 0.214. The molecule has 2 aromatic rings. The second-order valence-corrected chi connectivity index (χ2v) is 5.65. The van der Waals surface area contributed by atoms with Crippen molar-refractivity contribution in [2.24, 2.45) is 5.92 Å². The van der Waals surface area contributed by atoms with E-state index in [-0.39, 0.29) is 30.5 Å². The van der Waals surface area contributed by atoms with Crippen LogP contribution in [0.25, 0.3) is 11.4 Å². The van der Waals surface area contributed by atoms with Gasteiger partial charge in [-0.1, -0.05) is 19.0 Å². The Morgan fingerprint density at radius 1 is 1.29 bits per heavy atom. The molecular weight excluding hydrogens is 317 g/mol. The van der Waals surface area contributed by atoms with Crippen LogP contribution >= 0.6 is 0 Å². The van der Waals surface area contributed by atoms with Gasteiger partial charge in [-0.05, 0) is 30.2 Å². The first-order valence-corrected chi connectivity index (χ1v) is 7.47. The van der Waals surface area contributed by atoms with E-state index in [2.05, 4.69) is 15.5 Å². The van der Waals surface area contributed by atoms with Gasteiger partial charge in [0.05, 0.1) is 0 Å². The van der Waals surface area contributed by atoms with Crippen LogP contribution in [0, 0.1) is 11.7 Å². The molecule has 24 heavy (non-hydrogen) atoms. The van der Waals surface area contributed by atoms with Crippen LogP contribution in [0.15, 0.2) is 28.8 Å². The Labute approximate surface area is 137 Å². The molecule has 1 atom stereocenters. The average Bonchev–Trinajstić information content (AvgIpc) is 2.99. The fraction of sp³-hybridized carbons (Fsp3) is 0.375. The van der Waals surface area contributed by atoms with Crippen LogP contribution in [-0.2, 0) is 16.0 Å². The number of benzene rings is 1. The van der Waals surface area contributed by atoms with Crippen LogP contribution in [0.5, 0.6) is 0 Å². The normalized spacial score (nSPS) is 12.2. The van der Waals surface area contributed by atoms with Crippen LogP contribution in [0.4, 0.5) is 4.39 Å². The molecule has 0 aliphatic heterocycles. The van der Waals surface area contributed by atoms with Crippen molar-refractivity contribution in [1.29, 1.82) is 0 Å². The van der Waals surface area contributed by atoms with Crippen LogP contribution in [0.1, 0.15) is 26.2 Å². The highest BCUT2D eigenvalue weighted by Gasteiger charge is 2.23. The Morgan fingerprint density at radius 3 is 2.54 bits per heavy atom. The monoisotopic (exact) mass is 335 g/mol. The Hall–Kier alpha value is -2.77. The third-order valence-corrected chi connectivity index (χ3v) is 3.39. The van der Waals surface area contributed by atoms with E-state index in [1.54, 1.807) is 13.8 Å². The van der Waals surface area contributed by atoms with Gasteiger partial charge >= 0.3 is 5.97 Å². The number of hydrogen-bond acceptors (Lipinski definition) is 5. The molecule has 1 amide bonds. The molecular formula is C16H18FN3O4. The molecule has 128 valence electrons. The molecule has 1 heterocycles. The molecule has 0 spiro atoms. The van der Waals surface area contributed by atoms with Gasteiger partial charge < -0.3 is 14.9 Å². The largest absolute Gasteiger partial charge is 0.480 e. The third kappa shape index (κ3) is 4.61. The topological polar surface area (TPSA) is 105 Å². The molecule has 2 rings (SSSR count). The van der Waals surface area contributed by atoms with Crippen molar-refractivity contribution in [3.63, 3.8) is 0 Å². The number of carboxylic acids is 1. The van der Waals surface area contributed by atoms with Gasteiger partial charge in [0.2, 0.25) is 17.6 Å². The summed E-state index contributed by atoms with van der Waals surface area (Å²) < 4.78 is 17.9. The zero-order valence-electron chi connectivity index (χ0n) is 13.3. The van der Waals surface area contributed by atoms with Crippen molar-refractivity contribution in [2.45, 2.75) is 32.7 Å². The number of aliphatic carboxylic acids is 1. The van der Waals surface area contributed by atoms with Gasteiger partial charge in [-0.2, -0.15) is 4.98 Å². The summed E-state index contributed by atoms with van der Waals surface area (Å²) in [6.45, 7) is 3.43. The van der Waals surface area contributed by atoms with E-state index in [9.17, 15) is 14.0 Å². The number of nitrogens with one attached hydrogen (secondary N) is 1. The molecule has 0 fully saturated rings. The number of rotatable bonds is 7. The smallest absolute Gasteiger partial charge is 0.326 e. The fourth-order valence-electron chi connectivity index (χ4n) is 2.05. The number of carboxylic acid groups (broad SMARTS) is 1. The highest BCUT2D eigenvalue weighted by atomic mass is 19.1. The maximum absolute atomic E-state index is 12.9. The number of nitrogens with zero attached hydrogens (tertiary/aromatic N) is 2. The number of hydrogen-bond donors (Lipinski definition) is 2. The molecule has 1 aromatic heterocycles. The lowest BCUT2D eigenvalue weighted by Gasteiger charge is -2.17. The first-order valence-electron chi connectivity index (χ1n) is 7.47. The summed E-state index contributed by atoms with van der Waals surface area (Å²) in [6, 6.07) is 4.69. The molecule has 2 N–H and O–H groups in total. The highest BCUT2D eigenvalue weighted by molar-refractivity contribution is 5.83. The Balaban J connectivity index is 1.92. The maximum Gasteiger partial charge on any atom is 0.326 e. The number of carbonyl (C=O) groups is 2. The van der Waals surface area contributed by atoms with E-state index in [4.69, 9.17) is 9.63 Å². The average molecular weight is 335 g/mol. The predicted octanol–water partition coefficient (Wildman–Crippen LogP) is 2.03. The SMILES string of the molecule is CC(C)C(NC(=O)CCc1nc(-c2ccc(F)cc2)no1)C(=O)O. The first kappa shape index (κ1) is 17.6. The molecule has 0 aliphatic rings. The molecule has 1 unspecified atom stereocenters. The number of aromatic nitrogens is 2. The van der Waals surface area contributed by atoms with Crippen molar-refractivity contribution >= 4 is 11.9 Å². The van der Waals surface area contributed by atoms with Gasteiger partial charge in [-0.25, -0.2) is 9.18 Å². The third-order valence-electron chi connectivity index (χ3n) is 3.39. The summed E-state index contributed by atoms with van der Waals surface area (Å²) in [7, 11) is 0. The van der Waals surface area contributed by atoms with Gasteiger partial charge in [-0.15, -0.1) is 0 Å². The predicted molar refractivity (Wildman–Crippen MR) is 82.4 cm³/mol. The lowest BCUT2D eigenvalue weighted by molar-refractivity contribution is -0.143.